The molecule has 2 aromatic rings. The first-order valence-electron chi connectivity index (χ1n) is 5.88. The van der Waals surface area contributed by atoms with E-state index in [1.807, 2.05) is 18.2 Å². The van der Waals surface area contributed by atoms with Gasteiger partial charge in [0, 0.05) is 12.0 Å². The topological polar surface area (TPSA) is 55.8 Å². The summed E-state index contributed by atoms with van der Waals surface area (Å²) < 4.78 is 10.9. The van der Waals surface area contributed by atoms with E-state index in [9.17, 15) is 4.79 Å². The summed E-state index contributed by atoms with van der Waals surface area (Å²) in [5.74, 6) is 1.19. The number of hydrogen-bond donors (Lipinski definition) is 1. The molecule has 1 aliphatic heterocycles. The molecule has 19 heavy (non-hydrogen) atoms. The lowest BCUT2D eigenvalue weighted by Crippen LogP contribution is -2.05. The molecule has 0 aliphatic carbocycles. The number of rotatable bonds is 2. The van der Waals surface area contributed by atoms with Crippen LogP contribution in [-0.2, 0) is 6.42 Å². The van der Waals surface area contributed by atoms with Gasteiger partial charge in [-0.1, -0.05) is 6.07 Å². The lowest BCUT2D eigenvalue weighted by Gasteiger charge is -2.21. The van der Waals surface area contributed by atoms with Gasteiger partial charge in [0.25, 0.3) is 0 Å². The van der Waals surface area contributed by atoms with Crippen molar-refractivity contribution in [2.45, 2.75) is 6.42 Å². The Balaban J connectivity index is 2.01. The van der Waals surface area contributed by atoms with Gasteiger partial charge >= 0.3 is 5.97 Å². The maximum absolute atomic E-state index is 10.9. The summed E-state index contributed by atoms with van der Waals surface area (Å²) >= 11 is 0. The van der Waals surface area contributed by atoms with Crippen molar-refractivity contribution in [1.82, 2.24) is 0 Å². The molecule has 0 spiro atoms. The summed E-state index contributed by atoms with van der Waals surface area (Å²) in [5.41, 5.74) is 2.25. The zero-order chi connectivity index (χ0) is 13.4. The van der Waals surface area contributed by atoms with Gasteiger partial charge in [-0.05, 0) is 35.9 Å². The predicted molar refractivity (Wildman–Crippen MR) is 69.3 cm³/mol. The Bertz CT molecular complexity index is 661. The van der Waals surface area contributed by atoms with Gasteiger partial charge in [0.1, 0.15) is 17.2 Å². The Kier molecular flexibility index (Phi) is 2.63. The van der Waals surface area contributed by atoms with Gasteiger partial charge in [0.05, 0.1) is 12.7 Å². The Morgan fingerprint density at radius 1 is 1.16 bits per heavy atom. The monoisotopic (exact) mass is 256 g/mol. The van der Waals surface area contributed by atoms with Crippen LogP contribution in [0.2, 0.25) is 0 Å². The highest BCUT2D eigenvalue weighted by Gasteiger charge is 2.19. The van der Waals surface area contributed by atoms with E-state index in [2.05, 4.69) is 0 Å². The molecule has 0 aromatic heterocycles. The number of hydrogen-bond acceptors (Lipinski definition) is 3. The van der Waals surface area contributed by atoms with Crippen LogP contribution in [0, 0.1) is 0 Å². The minimum absolute atomic E-state index is 0.232. The Morgan fingerprint density at radius 3 is 2.74 bits per heavy atom. The fourth-order valence-electron chi connectivity index (χ4n) is 2.17. The molecule has 2 aromatic carbocycles. The first-order valence-corrected chi connectivity index (χ1v) is 5.88. The third-order valence-corrected chi connectivity index (χ3v) is 3.18. The second kappa shape index (κ2) is 4.31. The van der Waals surface area contributed by atoms with Crippen LogP contribution < -0.4 is 9.47 Å². The third-order valence-electron chi connectivity index (χ3n) is 3.18. The van der Waals surface area contributed by atoms with Crippen molar-refractivity contribution in [2.75, 3.05) is 7.11 Å². The van der Waals surface area contributed by atoms with E-state index in [1.54, 1.807) is 25.3 Å². The van der Waals surface area contributed by atoms with Crippen LogP contribution >= 0.6 is 0 Å². The van der Waals surface area contributed by atoms with Gasteiger partial charge in [0.15, 0.2) is 0 Å². The molecule has 0 unspecified atom stereocenters. The Labute approximate surface area is 110 Å². The van der Waals surface area contributed by atoms with Crippen LogP contribution in [0.5, 0.6) is 17.2 Å². The molecule has 4 nitrogen and oxygen atoms in total. The van der Waals surface area contributed by atoms with E-state index < -0.39 is 5.97 Å². The SMILES string of the molecule is COc1ccc2c(c1)Cc1ccc(C(=O)O)cc1O2. The number of ether oxygens (including phenoxy) is 2. The molecule has 1 aliphatic rings. The summed E-state index contributed by atoms with van der Waals surface area (Å²) in [5, 5.41) is 8.98. The third kappa shape index (κ3) is 2.01. The van der Waals surface area contributed by atoms with Crippen molar-refractivity contribution >= 4 is 5.97 Å². The van der Waals surface area contributed by atoms with Gasteiger partial charge in [-0.15, -0.1) is 0 Å². The molecule has 0 fully saturated rings. The number of benzene rings is 2. The summed E-state index contributed by atoms with van der Waals surface area (Å²) in [6, 6.07) is 10.5. The largest absolute Gasteiger partial charge is 0.497 e. The van der Waals surface area contributed by atoms with Gasteiger partial charge in [-0.25, -0.2) is 4.79 Å². The molecule has 0 atom stereocenters. The molecule has 1 heterocycles. The molecule has 1 N–H and O–H groups in total. The second-order valence-electron chi connectivity index (χ2n) is 4.38. The average Bonchev–Trinajstić information content (AvgIpc) is 2.43. The first kappa shape index (κ1) is 11.6. The molecule has 0 bridgehead atoms. The van der Waals surface area contributed by atoms with Crippen molar-refractivity contribution in [3.8, 4) is 17.2 Å². The van der Waals surface area contributed by atoms with Crippen molar-refractivity contribution in [3.05, 3.63) is 53.1 Å². The lowest BCUT2D eigenvalue weighted by atomic mass is 9.99. The van der Waals surface area contributed by atoms with Crippen LogP contribution in [-0.4, -0.2) is 18.2 Å². The molecule has 0 saturated carbocycles. The minimum Gasteiger partial charge on any atom is -0.497 e. The van der Waals surface area contributed by atoms with Crippen molar-refractivity contribution in [3.63, 3.8) is 0 Å². The van der Waals surface area contributed by atoms with Crippen molar-refractivity contribution < 1.29 is 19.4 Å². The smallest absolute Gasteiger partial charge is 0.335 e. The van der Waals surface area contributed by atoms with Gasteiger partial charge in [-0.3, -0.25) is 0 Å². The summed E-state index contributed by atoms with van der Waals surface area (Å²) in [7, 11) is 1.62. The van der Waals surface area contributed by atoms with E-state index in [4.69, 9.17) is 14.6 Å². The number of fused-ring (bicyclic) bond motifs is 2. The molecule has 96 valence electrons. The maximum Gasteiger partial charge on any atom is 0.335 e. The molecule has 0 saturated heterocycles. The van der Waals surface area contributed by atoms with Crippen LogP contribution in [0.15, 0.2) is 36.4 Å². The molecule has 4 heteroatoms. The number of aromatic carboxylic acids is 1. The fourth-order valence-corrected chi connectivity index (χ4v) is 2.17. The van der Waals surface area contributed by atoms with Gasteiger partial charge in [-0.2, -0.15) is 0 Å². The van der Waals surface area contributed by atoms with Crippen molar-refractivity contribution in [1.29, 1.82) is 0 Å². The van der Waals surface area contributed by atoms with E-state index in [0.717, 1.165) is 22.6 Å². The van der Waals surface area contributed by atoms with E-state index in [-0.39, 0.29) is 5.56 Å². The molecule has 0 amide bonds. The summed E-state index contributed by atoms with van der Waals surface area (Å²) in [6.07, 6.45) is 0.710. The molecular formula is C15H12O4. The molecule has 3 rings (SSSR count). The maximum atomic E-state index is 10.9. The van der Waals surface area contributed by atoms with E-state index >= 15 is 0 Å². The van der Waals surface area contributed by atoms with Crippen molar-refractivity contribution in [2.24, 2.45) is 0 Å². The Hall–Kier alpha value is -2.49. The van der Waals surface area contributed by atoms with Crippen LogP contribution in [0.1, 0.15) is 21.5 Å². The van der Waals surface area contributed by atoms with E-state index in [0.29, 0.717) is 12.2 Å². The zero-order valence-corrected chi connectivity index (χ0v) is 10.3. The quantitative estimate of drug-likeness (QED) is 0.765. The predicted octanol–water partition coefficient (Wildman–Crippen LogP) is 3.09. The zero-order valence-electron chi connectivity index (χ0n) is 10.3. The normalized spacial score (nSPS) is 12.1. The number of carboxylic acid groups (broad SMARTS) is 1. The fraction of sp³-hybridized carbons (Fsp3) is 0.133. The molecular weight excluding hydrogens is 244 g/mol. The summed E-state index contributed by atoms with van der Waals surface area (Å²) in [4.78, 5) is 10.9. The highest BCUT2D eigenvalue weighted by molar-refractivity contribution is 5.88. The first-order chi connectivity index (χ1) is 9.17. The summed E-state index contributed by atoms with van der Waals surface area (Å²) in [6.45, 7) is 0. The second-order valence-corrected chi connectivity index (χ2v) is 4.38. The number of methoxy groups -OCH3 is 1. The standard InChI is InChI=1S/C15H12O4/c1-18-12-4-5-13-11(7-12)6-9-2-3-10(15(16)17)8-14(9)19-13/h2-5,7-8H,6H2,1H3,(H,16,17). The molecule has 0 radical (unpaired) electrons. The van der Waals surface area contributed by atoms with E-state index in [1.165, 1.54) is 0 Å². The highest BCUT2D eigenvalue weighted by atomic mass is 16.5. The van der Waals surface area contributed by atoms with Gasteiger partial charge in [0.2, 0.25) is 0 Å². The highest BCUT2D eigenvalue weighted by Crippen LogP contribution is 2.38. The lowest BCUT2D eigenvalue weighted by molar-refractivity contribution is 0.0696. The van der Waals surface area contributed by atoms with Crippen LogP contribution in [0.4, 0.5) is 0 Å². The minimum atomic E-state index is -0.952. The van der Waals surface area contributed by atoms with Crippen LogP contribution in [0.25, 0.3) is 0 Å². The van der Waals surface area contributed by atoms with Gasteiger partial charge < -0.3 is 14.6 Å². The number of carboxylic acids is 1. The number of carbonyl (C=O) groups is 1. The Morgan fingerprint density at radius 2 is 2.00 bits per heavy atom. The van der Waals surface area contributed by atoms with Crippen LogP contribution in [0.3, 0.4) is 0 Å². The average molecular weight is 256 g/mol.